The van der Waals surface area contributed by atoms with Gasteiger partial charge in [-0.05, 0) is 23.8 Å². The van der Waals surface area contributed by atoms with Crippen LogP contribution in [0.5, 0.6) is 0 Å². The lowest BCUT2D eigenvalue weighted by molar-refractivity contribution is 0.966. The van der Waals surface area contributed by atoms with Crippen molar-refractivity contribution in [2.45, 2.75) is 10.9 Å². The standard InChI is InChI=1S/C10H9N3S.ClH/c1-4-12-10(13-5-1)14-8-9-2-6-11-7-3-9;/h1-7H,8H2;1H. The fraction of sp³-hybridized carbons (Fsp3) is 0.100. The van der Waals surface area contributed by atoms with Crippen LogP contribution in [-0.4, -0.2) is 15.0 Å². The van der Waals surface area contributed by atoms with Gasteiger partial charge in [-0.2, -0.15) is 0 Å². The van der Waals surface area contributed by atoms with Gasteiger partial charge in [0, 0.05) is 30.5 Å². The number of pyridine rings is 1. The zero-order chi connectivity index (χ0) is 9.64. The van der Waals surface area contributed by atoms with Crippen LogP contribution < -0.4 is 0 Å². The summed E-state index contributed by atoms with van der Waals surface area (Å²) in [6.45, 7) is 0. The summed E-state index contributed by atoms with van der Waals surface area (Å²) in [7, 11) is 0. The molecule has 2 heterocycles. The van der Waals surface area contributed by atoms with Crippen LogP contribution in [0.1, 0.15) is 5.56 Å². The van der Waals surface area contributed by atoms with Gasteiger partial charge in [0.05, 0.1) is 0 Å². The highest BCUT2D eigenvalue weighted by molar-refractivity contribution is 7.98. The molecule has 0 saturated heterocycles. The van der Waals surface area contributed by atoms with Crippen molar-refractivity contribution in [3.05, 3.63) is 48.5 Å². The van der Waals surface area contributed by atoms with Crippen LogP contribution in [0.4, 0.5) is 0 Å². The number of thioether (sulfide) groups is 1. The van der Waals surface area contributed by atoms with Gasteiger partial charge in [0.25, 0.3) is 0 Å². The maximum atomic E-state index is 4.13. The molecule has 0 bridgehead atoms. The third kappa shape index (κ3) is 3.85. The molecular weight excluding hydrogens is 230 g/mol. The molecular formula is C10H10ClN3S. The van der Waals surface area contributed by atoms with Crippen molar-refractivity contribution in [3.63, 3.8) is 0 Å². The molecule has 0 amide bonds. The quantitative estimate of drug-likeness (QED) is 0.610. The van der Waals surface area contributed by atoms with Crippen molar-refractivity contribution in [1.29, 1.82) is 0 Å². The Labute approximate surface area is 98.8 Å². The van der Waals surface area contributed by atoms with E-state index in [1.54, 1.807) is 36.5 Å². The second-order valence-corrected chi connectivity index (χ2v) is 3.62. The van der Waals surface area contributed by atoms with Gasteiger partial charge in [-0.3, -0.25) is 4.98 Å². The van der Waals surface area contributed by atoms with E-state index in [1.807, 2.05) is 18.2 Å². The van der Waals surface area contributed by atoms with Gasteiger partial charge in [0.15, 0.2) is 5.16 Å². The molecule has 0 aliphatic rings. The molecule has 78 valence electrons. The highest BCUT2D eigenvalue weighted by Crippen LogP contribution is 2.17. The smallest absolute Gasteiger partial charge is 0.187 e. The Bertz CT molecular complexity index is 343. The maximum Gasteiger partial charge on any atom is 0.187 e. The predicted molar refractivity (Wildman–Crippen MR) is 63.1 cm³/mol. The SMILES string of the molecule is Cl.c1cnc(SCc2ccncc2)nc1. The number of nitrogens with zero attached hydrogens (tertiary/aromatic N) is 3. The molecule has 2 aromatic rings. The molecule has 0 aromatic carbocycles. The van der Waals surface area contributed by atoms with E-state index in [2.05, 4.69) is 15.0 Å². The molecule has 0 saturated carbocycles. The first-order valence-corrected chi connectivity index (χ1v) is 5.22. The predicted octanol–water partition coefficient (Wildman–Crippen LogP) is 2.59. The van der Waals surface area contributed by atoms with Crippen molar-refractivity contribution in [3.8, 4) is 0 Å². The third-order valence-electron chi connectivity index (χ3n) is 1.66. The lowest BCUT2D eigenvalue weighted by Gasteiger charge is -1.98. The normalized spacial score (nSPS) is 9.33. The highest BCUT2D eigenvalue weighted by Gasteiger charge is 1.96. The molecule has 3 nitrogen and oxygen atoms in total. The Hall–Kier alpha value is -1.13. The van der Waals surface area contributed by atoms with E-state index >= 15 is 0 Å². The molecule has 5 heteroatoms. The van der Waals surface area contributed by atoms with Gasteiger partial charge in [0.2, 0.25) is 0 Å². The highest BCUT2D eigenvalue weighted by atomic mass is 35.5. The van der Waals surface area contributed by atoms with Gasteiger partial charge in [-0.15, -0.1) is 12.4 Å². The molecule has 0 unspecified atom stereocenters. The molecule has 2 aromatic heterocycles. The summed E-state index contributed by atoms with van der Waals surface area (Å²) in [4.78, 5) is 12.2. The monoisotopic (exact) mass is 239 g/mol. The first-order valence-electron chi connectivity index (χ1n) is 4.24. The van der Waals surface area contributed by atoms with E-state index in [1.165, 1.54) is 5.56 Å². The summed E-state index contributed by atoms with van der Waals surface area (Å²) >= 11 is 1.62. The average Bonchev–Trinajstić information content (AvgIpc) is 2.29. The number of aromatic nitrogens is 3. The Morgan fingerprint density at radius 1 is 1.00 bits per heavy atom. The molecule has 15 heavy (non-hydrogen) atoms. The van der Waals surface area contributed by atoms with Gasteiger partial charge in [-0.1, -0.05) is 11.8 Å². The fourth-order valence-corrected chi connectivity index (χ4v) is 1.75. The number of rotatable bonds is 3. The first-order chi connectivity index (χ1) is 6.95. The lowest BCUT2D eigenvalue weighted by Crippen LogP contribution is -1.85. The summed E-state index contributed by atoms with van der Waals surface area (Å²) in [6.07, 6.45) is 7.09. The van der Waals surface area contributed by atoms with Crippen molar-refractivity contribution >= 4 is 24.2 Å². The lowest BCUT2D eigenvalue weighted by atomic mass is 10.3. The van der Waals surface area contributed by atoms with E-state index in [4.69, 9.17) is 0 Å². The van der Waals surface area contributed by atoms with Gasteiger partial charge in [-0.25, -0.2) is 9.97 Å². The minimum Gasteiger partial charge on any atom is -0.265 e. The zero-order valence-electron chi connectivity index (χ0n) is 7.91. The molecule has 0 aliphatic heterocycles. The topological polar surface area (TPSA) is 38.7 Å². The molecule has 0 N–H and O–H groups in total. The number of hydrogen-bond donors (Lipinski definition) is 0. The van der Waals surface area contributed by atoms with Crippen LogP contribution in [0, 0.1) is 0 Å². The molecule has 0 radical (unpaired) electrons. The molecule has 2 rings (SSSR count). The number of hydrogen-bond acceptors (Lipinski definition) is 4. The summed E-state index contributed by atoms with van der Waals surface area (Å²) in [6, 6.07) is 5.81. The van der Waals surface area contributed by atoms with Crippen LogP contribution in [0.3, 0.4) is 0 Å². The van der Waals surface area contributed by atoms with Gasteiger partial charge >= 0.3 is 0 Å². The Morgan fingerprint density at radius 3 is 2.33 bits per heavy atom. The van der Waals surface area contributed by atoms with Crippen LogP contribution in [0.25, 0.3) is 0 Å². The Kier molecular flexibility index (Phi) is 5.07. The van der Waals surface area contributed by atoms with Crippen molar-refractivity contribution < 1.29 is 0 Å². The Balaban J connectivity index is 0.00000112. The molecule has 0 atom stereocenters. The summed E-state index contributed by atoms with van der Waals surface area (Å²) < 4.78 is 0. The maximum absolute atomic E-state index is 4.13. The summed E-state index contributed by atoms with van der Waals surface area (Å²) in [5.41, 5.74) is 1.23. The van der Waals surface area contributed by atoms with Crippen molar-refractivity contribution in [1.82, 2.24) is 15.0 Å². The number of halogens is 1. The molecule has 0 spiro atoms. The second kappa shape index (κ2) is 6.37. The van der Waals surface area contributed by atoms with Crippen molar-refractivity contribution in [2.24, 2.45) is 0 Å². The second-order valence-electron chi connectivity index (χ2n) is 2.68. The van der Waals surface area contributed by atoms with Crippen LogP contribution in [-0.2, 0) is 5.75 Å². The van der Waals surface area contributed by atoms with Crippen molar-refractivity contribution in [2.75, 3.05) is 0 Å². The summed E-state index contributed by atoms with van der Waals surface area (Å²) in [5.74, 6) is 0.881. The minimum atomic E-state index is 0. The zero-order valence-corrected chi connectivity index (χ0v) is 9.54. The first kappa shape index (κ1) is 11.9. The van der Waals surface area contributed by atoms with Gasteiger partial charge < -0.3 is 0 Å². The van der Waals surface area contributed by atoms with E-state index in [0.29, 0.717) is 0 Å². The van der Waals surface area contributed by atoms with E-state index in [9.17, 15) is 0 Å². The van der Waals surface area contributed by atoms with Crippen LogP contribution in [0.2, 0.25) is 0 Å². The van der Waals surface area contributed by atoms with Gasteiger partial charge in [0.1, 0.15) is 0 Å². The minimum absolute atomic E-state index is 0. The fourth-order valence-electron chi connectivity index (χ4n) is 0.987. The van der Waals surface area contributed by atoms with E-state index in [0.717, 1.165) is 10.9 Å². The largest absolute Gasteiger partial charge is 0.265 e. The molecule has 0 fully saturated rings. The average molecular weight is 240 g/mol. The van der Waals surface area contributed by atoms with E-state index in [-0.39, 0.29) is 12.4 Å². The third-order valence-corrected chi connectivity index (χ3v) is 2.61. The Morgan fingerprint density at radius 2 is 1.67 bits per heavy atom. The van der Waals surface area contributed by atoms with E-state index < -0.39 is 0 Å². The summed E-state index contributed by atoms with van der Waals surface area (Å²) in [5, 5.41) is 0.810. The molecule has 0 aliphatic carbocycles. The van der Waals surface area contributed by atoms with Crippen LogP contribution >= 0.6 is 24.2 Å². The van der Waals surface area contributed by atoms with Crippen LogP contribution in [0.15, 0.2) is 48.1 Å².